The highest BCUT2D eigenvalue weighted by Crippen LogP contribution is 2.34. The van der Waals surface area contributed by atoms with Crippen molar-refractivity contribution in [2.45, 2.75) is 13.8 Å². The summed E-state index contributed by atoms with van der Waals surface area (Å²) in [5.41, 5.74) is 7.05. The lowest BCUT2D eigenvalue weighted by atomic mass is 10.1. The molecule has 0 radical (unpaired) electrons. The van der Waals surface area contributed by atoms with Crippen molar-refractivity contribution in [2.24, 2.45) is 5.10 Å². The number of amides is 1. The average Bonchev–Trinajstić information content (AvgIpc) is 3.40. The van der Waals surface area contributed by atoms with Crippen molar-refractivity contribution in [1.29, 1.82) is 0 Å². The number of fused-ring (bicyclic) bond motifs is 1. The number of carbonyl (C=O) groups is 2. The number of aryl methyl sites for hydroxylation is 1. The van der Waals surface area contributed by atoms with Crippen LogP contribution in [-0.4, -0.2) is 43.1 Å². The Morgan fingerprint density at radius 2 is 1.91 bits per heavy atom. The number of carbonyl (C=O) groups excluding carboxylic acids is 2. The Bertz CT molecular complexity index is 1230. The molecule has 4 rings (SSSR count). The van der Waals surface area contributed by atoms with Crippen LogP contribution < -0.4 is 20.2 Å². The minimum atomic E-state index is -0.407. The second-order valence-electron chi connectivity index (χ2n) is 7.39. The number of rotatable bonds is 7. The lowest BCUT2D eigenvalue weighted by Crippen LogP contribution is -2.25. The summed E-state index contributed by atoms with van der Waals surface area (Å²) in [6.07, 6.45) is 1.58. The summed E-state index contributed by atoms with van der Waals surface area (Å²) >= 11 is 0. The first-order valence-corrected chi connectivity index (χ1v) is 10.3. The second kappa shape index (κ2) is 9.47. The SMILES string of the molecule is COC(=O)c1ccccc1-n1c(C)cc(/C=N\NC(=O)CNc2ccc3c(c2)OCO3)c1C. The number of nitrogens with zero attached hydrogens (tertiary/aromatic N) is 2. The molecule has 0 fully saturated rings. The van der Waals surface area contributed by atoms with E-state index in [0.29, 0.717) is 17.1 Å². The Kier molecular flexibility index (Phi) is 6.30. The highest BCUT2D eigenvalue weighted by Gasteiger charge is 2.17. The first-order chi connectivity index (χ1) is 16.0. The molecule has 0 spiro atoms. The molecule has 9 nitrogen and oxygen atoms in total. The number of esters is 1. The Balaban J connectivity index is 1.41. The maximum Gasteiger partial charge on any atom is 0.339 e. The fraction of sp³-hybridized carbons (Fsp3) is 0.208. The fourth-order valence-corrected chi connectivity index (χ4v) is 3.64. The number of methoxy groups -OCH3 is 1. The Morgan fingerprint density at radius 1 is 1.12 bits per heavy atom. The molecule has 0 saturated carbocycles. The summed E-state index contributed by atoms with van der Waals surface area (Å²) in [6, 6.07) is 14.5. The lowest BCUT2D eigenvalue weighted by molar-refractivity contribution is -0.119. The van der Waals surface area contributed by atoms with Crippen LogP contribution in [0.1, 0.15) is 27.3 Å². The van der Waals surface area contributed by atoms with E-state index in [0.717, 1.165) is 28.3 Å². The summed E-state index contributed by atoms with van der Waals surface area (Å²) in [7, 11) is 1.36. The van der Waals surface area contributed by atoms with Crippen LogP contribution in [-0.2, 0) is 9.53 Å². The Labute approximate surface area is 191 Å². The fourth-order valence-electron chi connectivity index (χ4n) is 3.64. The number of hydrazone groups is 1. The molecule has 0 bridgehead atoms. The van der Waals surface area contributed by atoms with Gasteiger partial charge in [0.15, 0.2) is 11.5 Å². The molecule has 0 atom stereocenters. The molecule has 33 heavy (non-hydrogen) atoms. The van der Waals surface area contributed by atoms with Gasteiger partial charge in [0, 0.05) is 28.7 Å². The molecule has 170 valence electrons. The summed E-state index contributed by atoms with van der Waals surface area (Å²) in [4.78, 5) is 24.3. The highest BCUT2D eigenvalue weighted by atomic mass is 16.7. The molecule has 1 aromatic heterocycles. The topological polar surface area (TPSA) is 103 Å². The van der Waals surface area contributed by atoms with Gasteiger partial charge >= 0.3 is 5.97 Å². The third kappa shape index (κ3) is 4.67. The minimum absolute atomic E-state index is 0.0442. The van der Waals surface area contributed by atoms with Crippen LogP contribution in [0.3, 0.4) is 0 Å². The molecule has 0 unspecified atom stereocenters. The number of aromatic nitrogens is 1. The van der Waals surface area contributed by atoms with Crippen LogP contribution in [0.5, 0.6) is 11.5 Å². The van der Waals surface area contributed by atoms with Crippen molar-refractivity contribution in [1.82, 2.24) is 9.99 Å². The quantitative estimate of drug-likeness (QED) is 0.327. The van der Waals surface area contributed by atoms with Crippen molar-refractivity contribution >= 4 is 23.8 Å². The Morgan fingerprint density at radius 3 is 2.73 bits per heavy atom. The third-order valence-electron chi connectivity index (χ3n) is 5.24. The van der Waals surface area contributed by atoms with Crippen molar-refractivity contribution < 1.29 is 23.8 Å². The van der Waals surface area contributed by atoms with E-state index in [1.807, 2.05) is 42.7 Å². The standard InChI is InChI=1S/C24H24N4O5/c1-15-10-17(16(2)28(15)20-7-5-4-6-19(20)24(30)31-3)12-26-27-23(29)13-25-18-8-9-21-22(11-18)33-14-32-21/h4-12,25H,13-14H2,1-3H3,(H,27,29)/b26-12-. The van der Waals surface area contributed by atoms with E-state index in [9.17, 15) is 9.59 Å². The normalized spacial score (nSPS) is 12.1. The molecule has 2 N–H and O–H groups in total. The number of benzene rings is 2. The zero-order chi connectivity index (χ0) is 23.4. The van der Waals surface area contributed by atoms with Gasteiger partial charge in [-0.15, -0.1) is 0 Å². The summed E-state index contributed by atoms with van der Waals surface area (Å²) in [5.74, 6) is 0.619. The van der Waals surface area contributed by atoms with E-state index >= 15 is 0 Å². The number of hydrogen-bond acceptors (Lipinski definition) is 7. The number of ether oxygens (including phenoxy) is 3. The van der Waals surface area contributed by atoms with E-state index in [-0.39, 0.29) is 19.2 Å². The number of anilines is 1. The number of hydrogen-bond donors (Lipinski definition) is 2. The van der Waals surface area contributed by atoms with Gasteiger partial charge in [0.05, 0.1) is 31.1 Å². The molecule has 1 aliphatic heterocycles. The van der Waals surface area contributed by atoms with Crippen LogP contribution in [0.2, 0.25) is 0 Å². The lowest BCUT2D eigenvalue weighted by Gasteiger charge is -2.13. The van der Waals surface area contributed by atoms with Crippen LogP contribution in [0.25, 0.3) is 5.69 Å². The smallest absolute Gasteiger partial charge is 0.339 e. The van der Waals surface area contributed by atoms with Crippen molar-refractivity contribution in [2.75, 3.05) is 25.8 Å². The predicted molar refractivity (Wildman–Crippen MR) is 123 cm³/mol. The van der Waals surface area contributed by atoms with Crippen molar-refractivity contribution in [3.63, 3.8) is 0 Å². The van der Waals surface area contributed by atoms with E-state index < -0.39 is 5.97 Å². The van der Waals surface area contributed by atoms with Gasteiger partial charge in [0.1, 0.15) is 0 Å². The molecular weight excluding hydrogens is 424 g/mol. The maximum atomic E-state index is 12.2. The van der Waals surface area contributed by atoms with Gasteiger partial charge in [-0.1, -0.05) is 12.1 Å². The van der Waals surface area contributed by atoms with Gasteiger partial charge in [-0.05, 0) is 44.2 Å². The molecule has 0 saturated heterocycles. The summed E-state index contributed by atoms with van der Waals surface area (Å²) in [5, 5.41) is 7.10. The zero-order valence-corrected chi connectivity index (χ0v) is 18.5. The van der Waals surface area contributed by atoms with Gasteiger partial charge in [-0.3, -0.25) is 4.79 Å². The van der Waals surface area contributed by atoms with Gasteiger partial charge in [0.2, 0.25) is 6.79 Å². The predicted octanol–water partition coefficient (Wildman–Crippen LogP) is 3.17. The molecule has 2 aromatic carbocycles. The molecule has 0 aliphatic carbocycles. The molecule has 2 heterocycles. The number of para-hydroxylation sites is 1. The highest BCUT2D eigenvalue weighted by molar-refractivity contribution is 5.94. The van der Waals surface area contributed by atoms with Crippen LogP contribution in [0, 0.1) is 13.8 Å². The van der Waals surface area contributed by atoms with E-state index in [1.165, 1.54) is 7.11 Å². The van der Waals surface area contributed by atoms with E-state index in [1.54, 1.807) is 30.5 Å². The Hall–Kier alpha value is -4.27. The van der Waals surface area contributed by atoms with E-state index in [2.05, 4.69) is 15.8 Å². The average molecular weight is 448 g/mol. The van der Waals surface area contributed by atoms with Gasteiger partial charge < -0.3 is 24.1 Å². The monoisotopic (exact) mass is 448 g/mol. The minimum Gasteiger partial charge on any atom is -0.465 e. The van der Waals surface area contributed by atoms with Gasteiger partial charge in [-0.2, -0.15) is 5.10 Å². The first-order valence-electron chi connectivity index (χ1n) is 10.3. The van der Waals surface area contributed by atoms with Crippen LogP contribution >= 0.6 is 0 Å². The summed E-state index contributed by atoms with van der Waals surface area (Å²) in [6.45, 7) is 4.10. The zero-order valence-electron chi connectivity index (χ0n) is 18.5. The van der Waals surface area contributed by atoms with Gasteiger partial charge in [-0.25, -0.2) is 10.2 Å². The van der Waals surface area contributed by atoms with Gasteiger partial charge in [0.25, 0.3) is 5.91 Å². The first kappa shape index (κ1) is 21.9. The second-order valence-corrected chi connectivity index (χ2v) is 7.39. The third-order valence-corrected chi connectivity index (χ3v) is 5.24. The van der Waals surface area contributed by atoms with E-state index in [4.69, 9.17) is 14.2 Å². The number of nitrogens with one attached hydrogen (secondary N) is 2. The van der Waals surface area contributed by atoms with Crippen LogP contribution in [0.4, 0.5) is 5.69 Å². The molecule has 9 heteroatoms. The van der Waals surface area contributed by atoms with Crippen molar-refractivity contribution in [3.8, 4) is 17.2 Å². The molecule has 3 aromatic rings. The van der Waals surface area contributed by atoms with Crippen molar-refractivity contribution in [3.05, 3.63) is 71.0 Å². The maximum absolute atomic E-state index is 12.2. The molecule has 1 aliphatic rings. The molecule has 1 amide bonds. The summed E-state index contributed by atoms with van der Waals surface area (Å²) < 4.78 is 17.5. The largest absolute Gasteiger partial charge is 0.465 e. The molecular formula is C24H24N4O5. The van der Waals surface area contributed by atoms with Crippen LogP contribution in [0.15, 0.2) is 53.6 Å².